The van der Waals surface area contributed by atoms with E-state index in [2.05, 4.69) is 52.2 Å². The summed E-state index contributed by atoms with van der Waals surface area (Å²) in [6.07, 6.45) is 6.92. The van der Waals surface area contributed by atoms with Gasteiger partial charge in [0.05, 0.1) is 24.7 Å². The number of amides is 4. The van der Waals surface area contributed by atoms with Crippen LogP contribution in [0, 0.1) is 10.8 Å². The van der Waals surface area contributed by atoms with Gasteiger partial charge in [0.1, 0.15) is 0 Å². The van der Waals surface area contributed by atoms with E-state index in [0.29, 0.717) is 25.9 Å². The van der Waals surface area contributed by atoms with Gasteiger partial charge < -0.3 is 25.5 Å². The number of Topliss-reactive ketones (excluding diaryl/α,β-unsaturated/α-hetero) is 1. The number of hydrogen-bond acceptors (Lipinski definition) is 5. The molecule has 0 aliphatic carbocycles. The number of aliphatic hydroxyl groups is 1. The molecule has 2 aliphatic heterocycles. The van der Waals surface area contributed by atoms with E-state index < -0.39 is 24.2 Å². The largest absolute Gasteiger partial charge is 0.391 e. The van der Waals surface area contributed by atoms with Crippen LogP contribution in [-0.4, -0.2) is 82.9 Å². The third-order valence-corrected chi connectivity index (χ3v) is 9.21. The maximum absolute atomic E-state index is 13.6. The number of carbonyl (C=O) groups is 4. The Hall–Kier alpha value is -2.16. The zero-order valence-corrected chi connectivity index (χ0v) is 24.6. The zero-order chi connectivity index (χ0) is 28.5. The molecule has 3 N–H and O–H groups in total. The van der Waals surface area contributed by atoms with Crippen LogP contribution in [0.5, 0.6) is 0 Å². The summed E-state index contributed by atoms with van der Waals surface area (Å²) in [6.45, 7) is 13.7. The molecule has 4 unspecified atom stereocenters. The van der Waals surface area contributed by atoms with Crippen LogP contribution in [-0.2, 0) is 14.4 Å². The Kier molecular flexibility index (Phi) is 12.1. The second-order valence-electron chi connectivity index (χ2n) is 12.1. The molecule has 2 heterocycles. The van der Waals surface area contributed by atoms with Crippen LogP contribution in [0.1, 0.15) is 106 Å². The fourth-order valence-corrected chi connectivity index (χ4v) is 5.76. The van der Waals surface area contributed by atoms with Crippen LogP contribution in [0.15, 0.2) is 0 Å². The molecule has 4 atom stereocenters. The van der Waals surface area contributed by atoms with Crippen LogP contribution in [0.4, 0.5) is 4.79 Å². The fraction of sp³-hybridized carbons (Fsp3) is 0.862. The van der Waals surface area contributed by atoms with Crippen LogP contribution in [0.25, 0.3) is 0 Å². The van der Waals surface area contributed by atoms with E-state index in [9.17, 15) is 24.3 Å². The first-order chi connectivity index (χ1) is 17.9. The molecular weight excluding hydrogens is 484 g/mol. The summed E-state index contributed by atoms with van der Waals surface area (Å²) >= 11 is 0. The number of aliphatic hydroxyl groups excluding tert-OH is 1. The van der Waals surface area contributed by atoms with Gasteiger partial charge in [-0.05, 0) is 36.5 Å². The molecular formula is C29H52N4O5. The Morgan fingerprint density at radius 1 is 0.895 bits per heavy atom. The Labute approximate surface area is 229 Å². The predicted molar refractivity (Wildman–Crippen MR) is 148 cm³/mol. The number of hydrogen-bond donors (Lipinski definition) is 3. The normalized spacial score (nSPS) is 23.3. The van der Waals surface area contributed by atoms with Crippen molar-refractivity contribution in [3.8, 4) is 0 Å². The van der Waals surface area contributed by atoms with Gasteiger partial charge in [0.25, 0.3) is 0 Å². The van der Waals surface area contributed by atoms with Crippen LogP contribution >= 0.6 is 0 Å². The number of rotatable bonds is 14. The number of carbonyl (C=O) groups excluding carboxylic acids is 4. The van der Waals surface area contributed by atoms with Crippen LogP contribution in [0.3, 0.4) is 0 Å². The summed E-state index contributed by atoms with van der Waals surface area (Å²) in [5.74, 6) is -0.494. The van der Waals surface area contributed by atoms with Crippen molar-refractivity contribution in [3.05, 3.63) is 0 Å². The molecule has 0 saturated carbocycles. The lowest BCUT2D eigenvalue weighted by Gasteiger charge is -2.33. The molecule has 9 heteroatoms. The maximum atomic E-state index is 13.6. The number of β-amino-alcohol motifs (C(OH)–C–C–N with tert-alkyl or cyclic N) is 1. The highest BCUT2D eigenvalue weighted by Gasteiger charge is 2.45. The second-order valence-corrected chi connectivity index (χ2v) is 12.1. The molecule has 0 bridgehead atoms. The minimum absolute atomic E-state index is 0.0172. The first-order valence-corrected chi connectivity index (χ1v) is 14.7. The lowest BCUT2D eigenvalue weighted by Crippen LogP contribution is -2.53. The summed E-state index contributed by atoms with van der Waals surface area (Å²) in [5.41, 5.74) is 0.0836. The summed E-state index contributed by atoms with van der Waals surface area (Å²) in [5, 5.41) is 15.8. The van der Waals surface area contributed by atoms with Crippen LogP contribution < -0.4 is 10.6 Å². The Bertz CT molecular complexity index is 830. The van der Waals surface area contributed by atoms with E-state index in [-0.39, 0.29) is 47.9 Å². The topological polar surface area (TPSA) is 119 Å². The summed E-state index contributed by atoms with van der Waals surface area (Å²) < 4.78 is 0. The highest BCUT2D eigenvalue weighted by Crippen LogP contribution is 2.33. The molecule has 0 aromatic carbocycles. The number of nitrogens with one attached hydrogen (secondary N) is 2. The van der Waals surface area contributed by atoms with E-state index in [1.807, 2.05) is 0 Å². The van der Waals surface area contributed by atoms with Gasteiger partial charge in [0.15, 0.2) is 5.78 Å². The van der Waals surface area contributed by atoms with Crippen molar-refractivity contribution in [2.45, 2.75) is 124 Å². The quantitative estimate of drug-likeness (QED) is 0.313. The van der Waals surface area contributed by atoms with Gasteiger partial charge in [0, 0.05) is 32.5 Å². The monoisotopic (exact) mass is 536 g/mol. The van der Waals surface area contributed by atoms with Gasteiger partial charge in [-0.15, -0.1) is 0 Å². The molecule has 2 saturated heterocycles. The second kappa shape index (κ2) is 14.3. The standard InChI is InChI=1S/C29H52N4O5/c1-7-13-29(6,10-4)14-15-30-24(35)19-31-27(38)33-20-21(34)17-23(33)26(37)22-12-11-16-32(22)25(36)18-28(5,8-2)9-3/h21-23,34H,7-20H2,1-6H3,(H,30,35)(H,31,38). The lowest BCUT2D eigenvalue weighted by molar-refractivity contribution is -0.140. The number of likely N-dealkylation sites (tertiary alicyclic amines) is 2. The Morgan fingerprint density at radius 2 is 1.55 bits per heavy atom. The van der Waals surface area contributed by atoms with Crippen LogP contribution in [0.2, 0.25) is 0 Å². The maximum Gasteiger partial charge on any atom is 0.318 e. The molecule has 0 aromatic heterocycles. The molecule has 0 aromatic rings. The van der Waals surface area contributed by atoms with Crippen molar-refractivity contribution in [1.29, 1.82) is 0 Å². The van der Waals surface area contributed by atoms with Crippen molar-refractivity contribution >= 4 is 23.6 Å². The van der Waals surface area contributed by atoms with E-state index in [4.69, 9.17) is 0 Å². The highest BCUT2D eigenvalue weighted by atomic mass is 16.3. The van der Waals surface area contributed by atoms with Crippen molar-refractivity contribution in [2.75, 3.05) is 26.2 Å². The van der Waals surface area contributed by atoms with E-state index in [1.165, 1.54) is 4.90 Å². The number of nitrogens with zero attached hydrogens (tertiary/aromatic N) is 2. The highest BCUT2D eigenvalue weighted by molar-refractivity contribution is 5.96. The smallest absolute Gasteiger partial charge is 0.318 e. The molecule has 0 spiro atoms. The van der Waals surface area contributed by atoms with Gasteiger partial charge in [-0.1, -0.05) is 67.2 Å². The van der Waals surface area contributed by atoms with E-state index in [0.717, 1.165) is 44.9 Å². The van der Waals surface area contributed by atoms with Gasteiger partial charge in [-0.2, -0.15) is 0 Å². The summed E-state index contributed by atoms with van der Waals surface area (Å²) in [7, 11) is 0. The van der Waals surface area contributed by atoms with Crippen molar-refractivity contribution in [3.63, 3.8) is 0 Å². The van der Waals surface area contributed by atoms with E-state index in [1.54, 1.807) is 4.90 Å². The van der Waals surface area contributed by atoms with Gasteiger partial charge in [-0.3, -0.25) is 14.4 Å². The average Bonchev–Trinajstić information content (AvgIpc) is 3.54. The molecule has 2 rings (SSSR count). The number of urea groups is 1. The third-order valence-electron chi connectivity index (χ3n) is 9.21. The first kappa shape index (κ1) is 32.1. The predicted octanol–water partition coefficient (Wildman–Crippen LogP) is 3.63. The van der Waals surface area contributed by atoms with Crippen molar-refractivity contribution in [2.24, 2.45) is 10.8 Å². The SMILES string of the molecule is CCCC(C)(CC)CCNC(=O)CNC(=O)N1CC(O)CC1C(=O)C1CCCN1C(=O)CC(C)(CC)CC. The fourth-order valence-electron chi connectivity index (χ4n) is 5.76. The Balaban J connectivity index is 1.94. The first-order valence-electron chi connectivity index (χ1n) is 14.7. The third kappa shape index (κ3) is 8.42. The molecule has 9 nitrogen and oxygen atoms in total. The minimum Gasteiger partial charge on any atom is -0.391 e. The van der Waals surface area contributed by atoms with Gasteiger partial charge in [-0.25, -0.2) is 4.79 Å². The molecule has 2 aliphatic rings. The number of ketones is 1. The summed E-state index contributed by atoms with van der Waals surface area (Å²) in [6, 6.07) is -1.93. The van der Waals surface area contributed by atoms with Crippen molar-refractivity contribution in [1.82, 2.24) is 20.4 Å². The molecule has 2 fully saturated rings. The lowest BCUT2D eigenvalue weighted by atomic mass is 9.80. The zero-order valence-electron chi connectivity index (χ0n) is 24.6. The minimum atomic E-state index is -0.817. The molecule has 0 radical (unpaired) electrons. The van der Waals surface area contributed by atoms with E-state index >= 15 is 0 Å². The van der Waals surface area contributed by atoms with Gasteiger partial charge >= 0.3 is 6.03 Å². The molecule has 4 amide bonds. The Morgan fingerprint density at radius 3 is 2.16 bits per heavy atom. The summed E-state index contributed by atoms with van der Waals surface area (Å²) in [4.78, 5) is 55.1. The van der Waals surface area contributed by atoms with Gasteiger partial charge in [0.2, 0.25) is 11.8 Å². The van der Waals surface area contributed by atoms with Crippen molar-refractivity contribution < 1.29 is 24.3 Å². The molecule has 38 heavy (non-hydrogen) atoms. The average molecular weight is 537 g/mol. The molecule has 218 valence electrons.